The number of rotatable bonds is 5. The van der Waals surface area contributed by atoms with Crippen LogP contribution in [0.25, 0.3) is 11.1 Å². The number of hydrogen-bond donors (Lipinski definition) is 2. The third kappa shape index (κ3) is 3.52. The molecular formula is C19H18N2O3. The SMILES string of the molecule is Cc1cccc(-c2cncc(C(=O)NC(CO)c3ccco3)c2)c1. The lowest BCUT2D eigenvalue weighted by Crippen LogP contribution is -2.30. The van der Waals surface area contributed by atoms with E-state index in [4.69, 9.17) is 4.42 Å². The molecule has 0 spiro atoms. The first-order valence-corrected chi connectivity index (χ1v) is 7.64. The first-order valence-electron chi connectivity index (χ1n) is 7.64. The topological polar surface area (TPSA) is 75.4 Å². The van der Waals surface area contributed by atoms with Crippen LogP contribution < -0.4 is 5.32 Å². The summed E-state index contributed by atoms with van der Waals surface area (Å²) in [6.45, 7) is 1.77. The fourth-order valence-corrected chi connectivity index (χ4v) is 2.48. The summed E-state index contributed by atoms with van der Waals surface area (Å²) in [5.74, 6) is 0.195. The van der Waals surface area contributed by atoms with E-state index in [9.17, 15) is 9.90 Å². The highest BCUT2D eigenvalue weighted by atomic mass is 16.3. The summed E-state index contributed by atoms with van der Waals surface area (Å²) in [5, 5.41) is 12.2. The van der Waals surface area contributed by atoms with E-state index in [1.54, 1.807) is 24.4 Å². The zero-order valence-electron chi connectivity index (χ0n) is 13.3. The van der Waals surface area contributed by atoms with Crippen LogP contribution >= 0.6 is 0 Å². The van der Waals surface area contributed by atoms with E-state index in [1.807, 2.05) is 31.2 Å². The number of aromatic nitrogens is 1. The number of carbonyl (C=O) groups excluding carboxylic acids is 1. The molecule has 0 aliphatic rings. The molecule has 0 fully saturated rings. The molecule has 1 aromatic carbocycles. The summed E-state index contributed by atoms with van der Waals surface area (Å²) in [4.78, 5) is 16.6. The van der Waals surface area contributed by atoms with Gasteiger partial charge in [-0.05, 0) is 30.7 Å². The molecule has 2 heterocycles. The normalized spacial score (nSPS) is 11.9. The van der Waals surface area contributed by atoms with Gasteiger partial charge in [-0.15, -0.1) is 0 Å². The van der Waals surface area contributed by atoms with Gasteiger partial charge in [-0.2, -0.15) is 0 Å². The summed E-state index contributed by atoms with van der Waals surface area (Å²) >= 11 is 0. The quantitative estimate of drug-likeness (QED) is 0.757. The lowest BCUT2D eigenvalue weighted by molar-refractivity contribution is 0.0907. The third-order valence-corrected chi connectivity index (χ3v) is 3.73. The van der Waals surface area contributed by atoms with E-state index < -0.39 is 6.04 Å². The molecule has 5 nitrogen and oxygen atoms in total. The van der Waals surface area contributed by atoms with Crippen LogP contribution in [-0.2, 0) is 0 Å². The van der Waals surface area contributed by atoms with Gasteiger partial charge in [-0.1, -0.05) is 29.8 Å². The Balaban J connectivity index is 1.82. The third-order valence-electron chi connectivity index (χ3n) is 3.73. The molecule has 122 valence electrons. The lowest BCUT2D eigenvalue weighted by atomic mass is 10.0. The Hall–Kier alpha value is -2.92. The van der Waals surface area contributed by atoms with Gasteiger partial charge in [0.15, 0.2) is 0 Å². The number of nitrogens with zero attached hydrogens (tertiary/aromatic N) is 1. The highest BCUT2D eigenvalue weighted by Gasteiger charge is 2.17. The number of aliphatic hydroxyl groups is 1. The Kier molecular flexibility index (Phi) is 4.72. The Morgan fingerprint density at radius 3 is 2.79 bits per heavy atom. The van der Waals surface area contributed by atoms with Gasteiger partial charge in [-0.25, -0.2) is 0 Å². The number of nitrogens with one attached hydrogen (secondary N) is 1. The maximum atomic E-state index is 12.5. The molecule has 2 aromatic heterocycles. The van der Waals surface area contributed by atoms with Crippen molar-refractivity contribution in [2.24, 2.45) is 0 Å². The number of benzene rings is 1. The second-order valence-corrected chi connectivity index (χ2v) is 5.56. The van der Waals surface area contributed by atoms with E-state index >= 15 is 0 Å². The fraction of sp³-hybridized carbons (Fsp3) is 0.158. The number of amides is 1. The van der Waals surface area contributed by atoms with Gasteiger partial charge in [0.1, 0.15) is 11.8 Å². The van der Waals surface area contributed by atoms with Gasteiger partial charge in [0.2, 0.25) is 0 Å². The number of aryl methyl sites for hydroxylation is 1. The van der Waals surface area contributed by atoms with Crippen LogP contribution in [0.2, 0.25) is 0 Å². The fourth-order valence-electron chi connectivity index (χ4n) is 2.48. The second kappa shape index (κ2) is 7.10. The molecule has 5 heteroatoms. The molecule has 3 rings (SSSR count). The van der Waals surface area contributed by atoms with Crippen molar-refractivity contribution < 1.29 is 14.3 Å². The molecule has 24 heavy (non-hydrogen) atoms. The molecule has 0 radical (unpaired) electrons. The minimum absolute atomic E-state index is 0.246. The van der Waals surface area contributed by atoms with Crippen LogP contribution in [0, 0.1) is 6.92 Å². The molecule has 0 aliphatic heterocycles. The summed E-state index contributed by atoms with van der Waals surface area (Å²) < 4.78 is 5.24. The zero-order valence-corrected chi connectivity index (χ0v) is 13.3. The van der Waals surface area contributed by atoms with Crippen molar-refractivity contribution in [3.8, 4) is 11.1 Å². The van der Waals surface area contributed by atoms with Gasteiger partial charge in [-0.3, -0.25) is 9.78 Å². The molecule has 0 saturated carbocycles. The van der Waals surface area contributed by atoms with Crippen molar-refractivity contribution in [1.82, 2.24) is 10.3 Å². The van der Waals surface area contributed by atoms with Crippen LogP contribution in [0.15, 0.2) is 65.5 Å². The number of carbonyl (C=O) groups is 1. The lowest BCUT2D eigenvalue weighted by Gasteiger charge is -2.14. The Bertz CT molecular complexity index is 828. The van der Waals surface area contributed by atoms with Crippen molar-refractivity contribution in [2.45, 2.75) is 13.0 Å². The number of pyridine rings is 1. The van der Waals surface area contributed by atoms with Crippen molar-refractivity contribution in [3.05, 3.63) is 78.0 Å². The van der Waals surface area contributed by atoms with Crippen molar-refractivity contribution in [3.63, 3.8) is 0 Å². The van der Waals surface area contributed by atoms with E-state index in [0.29, 0.717) is 11.3 Å². The smallest absolute Gasteiger partial charge is 0.253 e. The van der Waals surface area contributed by atoms with Gasteiger partial charge in [0, 0.05) is 18.0 Å². The standard InChI is InChI=1S/C19H18N2O3/c1-13-4-2-5-14(8-13)15-9-16(11-20-10-15)19(23)21-17(12-22)18-6-3-7-24-18/h2-11,17,22H,12H2,1H3,(H,21,23). The van der Waals surface area contributed by atoms with Crippen molar-refractivity contribution in [1.29, 1.82) is 0 Å². The molecule has 0 aliphatic carbocycles. The van der Waals surface area contributed by atoms with E-state index in [-0.39, 0.29) is 12.5 Å². The molecule has 1 amide bonds. The largest absolute Gasteiger partial charge is 0.467 e. The molecule has 1 atom stereocenters. The van der Waals surface area contributed by atoms with Crippen molar-refractivity contribution in [2.75, 3.05) is 6.61 Å². The number of aliphatic hydroxyl groups excluding tert-OH is 1. The molecule has 1 unspecified atom stereocenters. The van der Waals surface area contributed by atoms with E-state index in [0.717, 1.165) is 16.7 Å². The first-order chi connectivity index (χ1) is 11.7. The van der Waals surface area contributed by atoms with Gasteiger partial charge >= 0.3 is 0 Å². The van der Waals surface area contributed by atoms with Gasteiger partial charge in [0.25, 0.3) is 5.91 Å². The molecule has 3 aromatic rings. The molecule has 0 saturated heterocycles. The van der Waals surface area contributed by atoms with Gasteiger partial charge < -0.3 is 14.8 Å². The molecule has 2 N–H and O–H groups in total. The van der Waals surface area contributed by atoms with E-state index in [2.05, 4.69) is 10.3 Å². The second-order valence-electron chi connectivity index (χ2n) is 5.56. The number of furan rings is 1. The zero-order chi connectivity index (χ0) is 16.9. The summed E-state index contributed by atoms with van der Waals surface area (Å²) in [7, 11) is 0. The van der Waals surface area contributed by atoms with Crippen LogP contribution in [0.3, 0.4) is 0 Å². The Morgan fingerprint density at radius 1 is 1.21 bits per heavy atom. The summed E-state index contributed by atoms with van der Waals surface area (Å²) in [6.07, 6.45) is 4.73. The predicted molar refractivity (Wildman–Crippen MR) is 90.4 cm³/mol. The average Bonchev–Trinajstić information content (AvgIpc) is 3.14. The minimum Gasteiger partial charge on any atom is -0.467 e. The summed E-state index contributed by atoms with van der Waals surface area (Å²) in [5.41, 5.74) is 3.44. The molecular weight excluding hydrogens is 304 g/mol. The van der Waals surface area contributed by atoms with Crippen molar-refractivity contribution >= 4 is 5.91 Å². The average molecular weight is 322 g/mol. The number of hydrogen-bond acceptors (Lipinski definition) is 4. The maximum absolute atomic E-state index is 12.5. The Morgan fingerprint density at radius 2 is 2.08 bits per heavy atom. The highest BCUT2D eigenvalue weighted by Crippen LogP contribution is 2.21. The first kappa shape index (κ1) is 16.0. The van der Waals surface area contributed by atoms with Crippen LogP contribution in [0.1, 0.15) is 27.7 Å². The summed E-state index contributed by atoms with van der Waals surface area (Å²) in [6, 6.07) is 12.6. The maximum Gasteiger partial charge on any atom is 0.253 e. The predicted octanol–water partition coefficient (Wildman–Crippen LogP) is 3.11. The van der Waals surface area contributed by atoms with Crippen LogP contribution in [-0.4, -0.2) is 22.6 Å². The van der Waals surface area contributed by atoms with Crippen LogP contribution in [0.4, 0.5) is 0 Å². The van der Waals surface area contributed by atoms with Crippen LogP contribution in [0.5, 0.6) is 0 Å². The highest BCUT2D eigenvalue weighted by molar-refractivity contribution is 5.95. The monoisotopic (exact) mass is 322 g/mol. The van der Waals surface area contributed by atoms with Gasteiger partial charge in [0.05, 0.1) is 18.4 Å². The van der Waals surface area contributed by atoms with E-state index in [1.165, 1.54) is 12.5 Å². The minimum atomic E-state index is -0.588. The molecule has 0 bridgehead atoms. The Labute approximate surface area is 140 Å².